The van der Waals surface area contributed by atoms with Gasteiger partial charge in [-0.25, -0.2) is 8.42 Å². The van der Waals surface area contributed by atoms with Gasteiger partial charge in [0.25, 0.3) is 0 Å². The largest absolute Gasteiger partial charge is 0.360 e. The molecule has 1 atom stereocenters. The molecular weight excluding hydrogens is 346 g/mol. The fourth-order valence-corrected chi connectivity index (χ4v) is 4.75. The van der Waals surface area contributed by atoms with E-state index in [4.69, 9.17) is 9.05 Å². The van der Waals surface area contributed by atoms with Crippen molar-refractivity contribution >= 4 is 10.0 Å². The molecule has 0 aromatic carbocycles. The van der Waals surface area contributed by atoms with Crippen molar-refractivity contribution in [1.82, 2.24) is 24.5 Å². The van der Waals surface area contributed by atoms with E-state index in [-0.39, 0.29) is 10.9 Å². The van der Waals surface area contributed by atoms with Gasteiger partial charge in [-0.3, -0.25) is 4.90 Å². The average Bonchev–Trinajstić information content (AvgIpc) is 3.21. The summed E-state index contributed by atoms with van der Waals surface area (Å²) < 4.78 is 37.5. The number of aryl methyl sites for hydroxylation is 3. The summed E-state index contributed by atoms with van der Waals surface area (Å²) >= 11 is 0. The van der Waals surface area contributed by atoms with Crippen LogP contribution in [0.25, 0.3) is 0 Å². The minimum atomic E-state index is -3.59. The Kier molecular flexibility index (Phi) is 4.94. The van der Waals surface area contributed by atoms with E-state index < -0.39 is 10.0 Å². The maximum Gasteiger partial charge on any atom is 0.248 e. The molecule has 0 spiro atoms. The molecule has 0 radical (unpaired) electrons. The van der Waals surface area contributed by atoms with Crippen LogP contribution in [0.5, 0.6) is 0 Å². The van der Waals surface area contributed by atoms with Crippen molar-refractivity contribution in [1.29, 1.82) is 0 Å². The lowest BCUT2D eigenvalue weighted by Crippen LogP contribution is -2.49. The van der Waals surface area contributed by atoms with Crippen molar-refractivity contribution in [2.75, 3.05) is 26.2 Å². The van der Waals surface area contributed by atoms with Gasteiger partial charge in [-0.1, -0.05) is 17.2 Å². The number of aromatic nitrogens is 3. The summed E-state index contributed by atoms with van der Waals surface area (Å²) in [6, 6.07) is -0.0447. The molecule has 1 unspecified atom stereocenters. The molecule has 138 valence electrons. The maximum atomic E-state index is 12.8. The molecule has 0 aliphatic carbocycles. The second-order valence-corrected chi connectivity index (χ2v) is 8.05. The molecule has 1 aliphatic heterocycles. The highest BCUT2D eigenvalue weighted by Gasteiger charge is 2.35. The second-order valence-electron chi connectivity index (χ2n) is 6.17. The molecule has 0 bridgehead atoms. The monoisotopic (exact) mass is 369 g/mol. The highest BCUT2D eigenvalue weighted by Crippen LogP contribution is 2.26. The van der Waals surface area contributed by atoms with Crippen molar-refractivity contribution in [3.63, 3.8) is 0 Å². The smallest absolute Gasteiger partial charge is 0.248 e. The number of hydrogen-bond acceptors (Lipinski definition) is 8. The summed E-state index contributed by atoms with van der Waals surface area (Å²) in [5.41, 5.74) is 0.395. The first-order chi connectivity index (χ1) is 11.8. The zero-order chi connectivity index (χ0) is 18.2. The number of piperazine rings is 1. The van der Waals surface area contributed by atoms with Gasteiger partial charge in [-0.05, 0) is 20.8 Å². The Balaban J connectivity index is 1.69. The van der Waals surface area contributed by atoms with Crippen LogP contribution in [0.4, 0.5) is 0 Å². The van der Waals surface area contributed by atoms with Crippen molar-refractivity contribution in [3.8, 4) is 0 Å². The Hall–Kier alpha value is -1.78. The molecule has 1 fully saturated rings. The Bertz CT molecular complexity index is 816. The fourth-order valence-electron chi connectivity index (χ4n) is 3.04. The predicted molar refractivity (Wildman–Crippen MR) is 88.4 cm³/mol. The number of rotatable bonds is 5. The van der Waals surface area contributed by atoms with E-state index in [9.17, 15) is 8.42 Å². The normalized spacial score (nSPS) is 18.6. The van der Waals surface area contributed by atoms with E-state index in [1.165, 1.54) is 4.31 Å². The molecule has 0 N–H and O–H groups in total. The number of sulfonamides is 1. The number of hydrogen-bond donors (Lipinski definition) is 0. The Labute approximate surface area is 147 Å². The van der Waals surface area contributed by atoms with E-state index in [2.05, 4.69) is 20.2 Å². The van der Waals surface area contributed by atoms with Crippen LogP contribution < -0.4 is 0 Å². The SMILES string of the molecule is CCc1noc(C(C)N2CCN(S(=O)(=O)c3c(C)noc3C)CC2)n1. The Morgan fingerprint density at radius 2 is 1.80 bits per heavy atom. The molecule has 0 amide bonds. The maximum absolute atomic E-state index is 12.8. The standard InChI is InChI=1S/C15H23N5O4S/c1-5-13-16-15(24-18-13)11(3)19-6-8-20(9-7-19)25(21,22)14-10(2)17-23-12(14)4/h11H,5-9H2,1-4H3. The first-order valence-corrected chi connectivity index (χ1v) is 9.78. The van der Waals surface area contributed by atoms with Crippen LogP contribution in [0, 0.1) is 13.8 Å². The van der Waals surface area contributed by atoms with Gasteiger partial charge >= 0.3 is 0 Å². The zero-order valence-electron chi connectivity index (χ0n) is 14.9. The van der Waals surface area contributed by atoms with Crippen molar-refractivity contribution in [2.24, 2.45) is 0 Å². The number of nitrogens with zero attached hydrogens (tertiary/aromatic N) is 5. The van der Waals surface area contributed by atoms with Crippen LogP contribution in [0.1, 0.15) is 43.1 Å². The van der Waals surface area contributed by atoms with Crippen LogP contribution in [-0.2, 0) is 16.4 Å². The third-order valence-electron chi connectivity index (χ3n) is 4.54. The van der Waals surface area contributed by atoms with Gasteiger partial charge < -0.3 is 9.05 Å². The summed E-state index contributed by atoms with van der Waals surface area (Å²) in [7, 11) is -3.59. The Morgan fingerprint density at radius 1 is 1.12 bits per heavy atom. The highest BCUT2D eigenvalue weighted by molar-refractivity contribution is 7.89. The van der Waals surface area contributed by atoms with Gasteiger partial charge in [-0.15, -0.1) is 0 Å². The second kappa shape index (κ2) is 6.85. The lowest BCUT2D eigenvalue weighted by Gasteiger charge is -2.36. The van der Waals surface area contributed by atoms with E-state index in [0.29, 0.717) is 49.3 Å². The molecule has 9 nitrogen and oxygen atoms in total. The minimum Gasteiger partial charge on any atom is -0.360 e. The molecule has 2 aromatic heterocycles. The van der Waals surface area contributed by atoms with Gasteiger partial charge in [0, 0.05) is 32.6 Å². The third-order valence-corrected chi connectivity index (χ3v) is 6.69. The van der Waals surface area contributed by atoms with E-state index in [1.54, 1.807) is 13.8 Å². The lowest BCUT2D eigenvalue weighted by atomic mass is 10.2. The van der Waals surface area contributed by atoms with E-state index in [0.717, 1.165) is 6.42 Å². The fraction of sp³-hybridized carbons (Fsp3) is 0.667. The molecule has 25 heavy (non-hydrogen) atoms. The van der Waals surface area contributed by atoms with Gasteiger partial charge in [0.2, 0.25) is 15.9 Å². The molecule has 3 heterocycles. The molecule has 1 aliphatic rings. The van der Waals surface area contributed by atoms with Crippen molar-refractivity contribution in [3.05, 3.63) is 23.2 Å². The van der Waals surface area contributed by atoms with E-state index >= 15 is 0 Å². The van der Waals surface area contributed by atoms with E-state index in [1.807, 2.05) is 13.8 Å². The molecule has 3 rings (SSSR count). The Morgan fingerprint density at radius 3 is 2.32 bits per heavy atom. The van der Waals surface area contributed by atoms with Crippen LogP contribution in [0.2, 0.25) is 0 Å². The van der Waals surface area contributed by atoms with Gasteiger partial charge in [0.15, 0.2) is 11.6 Å². The topological polar surface area (TPSA) is 106 Å². The highest BCUT2D eigenvalue weighted by atomic mass is 32.2. The van der Waals surface area contributed by atoms with Gasteiger partial charge in [0.1, 0.15) is 10.6 Å². The molecule has 10 heteroatoms. The summed E-state index contributed by atoms with van der Waals surface area (Å²) in [5.74, 6) is 1.58. The van der Waals surface area contributed by atoms with Gasteiger partial charge in [0.05, 0.1) is 6.04 Å². The molecule has 0 saturated carbocycles. The molecule has 1 saturated heterocycles. The van der Waals surface area contributed by atoms with Gasteiger partial charge in [-0.2, -0.15) is 9.29 Å². The van der Waals surface area contributed by atoms with Crippen LogP contribution in [-0.4, -0.2) is 59.1 Å². The molecule has 2 aromatic rings. The summed E-state index contributed by atoms with van der Waals surface area (Å²) in [6.07, 6.45) is 0.722. The van der Waals surface area contributed by atoms with Crippen LogP contribution >= 0.6 is 0 Å². The third kappa shape index (κ3) is 3.33. The summed E-state index contributed by atoms with van der Waals surface area (Å²) in [4.78, 5) is 6.69. The van der Waals surface area contributed by atoms with Crippen molar-refractivity contribution in [2.45, 2.75) is 45.1 Å². The summed E-state index contributed by atoms with van der Waals surface area (Å²) in [6.45, 7) is 9.19. The summed E-state index contributed by atoms with van der Waals surface area (Å²) in [5, 5.41) is 7.67. The predicted octanol–water partition coefficient (Wildman–Crippen LogP) is 1.30. The van der Waals surface area contributed by atoms with Crippen molar-refractivity contribution < 1.29 is 17.5 Å². The average molecular weight is 369 g/mol. The molecular formula is C15H23N5O4S. The minimum absolute atomic E-state index is 0.0447. The quantitative estimate of drug-likeness (QED) is 0.776. The lowest BCUT2D eigenvalue weighted by molar-refractivity contribution is 0.124. The zero-order valence-corrected chi connectivity index (χ0v) is 15.7. The first kappa shape index (κ1) is 18.0. The first-order valence-electron chi connectivity index (χ1n) is 8.34. The van der Waals surface area contributed by atoms with Crippen LogP contribution in [0.3, 0.4) is 0 Å². The van der Waals surface area contributed by atoms with Crippen LogP contribution in [0.15, 0.2) is 13.9 Å².